The van der Waals surface area contributed by atoms with E-state index < -0.39 is 0 Å². The summed E-state index contributed by atoms with van der Waals surface area (Å²) < 4.78 is 5.58. The first-order valence-electron chi connectivity index (χ1n) is 7.18. The number of ether oxygens (including phenoxy) is 1. The van der Waals surface area contributed by atoms with Crippen molar-refractivity contribution in [2.75, 3.05) is 7.11 Å². The van der Waals surface area contributed by atoms with Crippen molar-refractivity contribution in [2.45, 2.75) is 82.0 Å². The fraction of sp³-hybridized carbons (Fsp3) is 1.00. The van der Waals surface area contributed by atoms with Gasteiger partial charge in [0.05, 0.1) is 6.10 Å². The molecular weight excluding hydrogens is 198 g/mol. The highest BCUT2D eigenvalue weighted by atomic mass is 16.5. The minimum Gasteiger partial charge on any atom is -0.381 e. The van der Waals surface area contributed by atoms with E-state index in [1.807, 2.05) is 7.11 Å². The summed E-state index contributed by atoms with van der Waals surface area (Å²) in [6.07, 6.45) is 13.3. The normalized spacial score (nSPS) is 41.4. The minimum absolute atomic E-state index is 0.553. The monoisotopic (exact) mass is 223 g/mol. The molecule has 2 heterocycles. The van der Waals surface area contributed by atoms with Crippen molar-refractivity contribution in [3.8, 4) is 0 Å². The molecule has 0 aromatic rings. The standard InChI is InChI=1S/C14H25NO/c1-16-14-9-12-7-8-13(10-14)15(12)11-5-3-2-4-6-11/h11-14H,2-10H2,1H3. The molecule has 2 bridgehead atoms. The van der Waals surface area contributed by atoms with Crippen molar-refractivity contribution in [1.29, 1.82) is 0 Å². The molecule has 16 heavy (non-hydrogen) atoms. The van der Waals surface area contributed by atoms with Crippen LogP contribution in [0.4, 0.5) is 0 Å². The molecule has 1 aliphatic carbocycles. The maximum atomic E-state index is 5.58. The molecule has 2 aliphatic heterocycles. The van der Waals surface area contributed by atoms with Crippen LogP contribution in [0, 0.1) is 0 Å². The number of piperidine rings is 1. The Kier molecular flexibility index (Phi) is 3.21. The van der Waals surface area contributed by atoms with Gasteiger partial charge in [0.1, 0.15) is 0 Å². The maximum Gasteiger partial charge on any atom is 0.0601 e. The van der Waals surface area contributed by atoms with Gasteiger partial charge in [0, 0.05) is 25.2 Å². The zero-order chi connectivity index (χ0) is 11.0. The fourth-order valence-corrected chi connectivity index (χ4v) is 4.33. The van der Waals surface area contributed by atoms with Crippen LogP contribution in [-0.2, 0) is 4.74 Å². The highest BCUT2D eigenvalue weighted by Gasteiger charge is 2.43. The second-order valence-electron chi connectivity index (χ2n) is 5.95. The van der Waals surface area contributed by atoms with Gasteiger partial charge in [-0.25, -0.2) is 0 Å². The summed E-state index contributed by atoms with van der Waals surface area (Å²) in [4.78, 5) is 2.90. The van der Waals surface area contributed by atoms with E-state index in [2.05, 4.69) is 4.90 Å². The first-order chi connectivity index (χ1) is 7.88. The number of hydrogen-bond donors (Lipinski definition) is 0. The third-order valence-corrected chi connectivity index (χ3v) is 5.08. The van der Waals surface area contributed by atoms with Gasteiger partial charge in [-0.2, -0.15) is 0 Å². The van der Waals surface area contributed by atoms with E-state index in [0.29, 0.717) is 6.10 Å². The molecule has 2 unspecified atom stereocenters. The van der Waals surface area contributed by atoms with Crippen LogP contribution >= 0.6 is 0 Å². The van der Waals surface area contributed by atoms with E-state index in [0.717, 1.165) is 18.1 Å². The Morgan fingerprint density at radius 3 is 2.00 bits per heavy atom. The molecule has 2 heteroatoms. The van der Waals surface area contributed by atoms with Crippen LogP contribution in [0.15, 0.2) is 0 Å². The van der Waals surface area contributed by atoms with Crippen molar-refractivity contribution in [3.05, 3.63) is 0 Å². The topological polar surface area (TPSA) is 12.5 Å². The molecular formula is C14H25NO. The first-order valence-corrected chi connectivity index (χ1v) is 7.18. The van der Waals surface area contributed by atoms with Crippen LogP contribution in [0.5, 0.6) is 0 Å². The predicted octanol–water partition coefficient (Wildman–Crippen LogP) is 2.96. The number of rotatable bonds is 2. The third-order valence-electron chi connectivity index (χ3n) is 5.08. The predicted molar refractivity (Wildman–Crippen MR) is 65.6 cm³/mol. The fourth-order valence-electron chi connectivity index (χ4n) is 4.33. The van der Waals surface area contributed by atoms with Gasteiger partial charge in [0.25, 0.3) is 0 Å². The average Bonchev–Trinajstić information content (AvgIpc) is 2.61. The molecule has 2 saturated heterocycles. The van der Waals surface area contributed by atoms with Gasteiger partial charge >= 0.3 is 0 Å². The van der Waals surface area contributed by atoms with E-state index in [1.54, 1.807) is 0 Å². The van der Waals surface area contributed by atoms with Crippen LogP contribution in [0.3, 0.4) is 0 Å². The van der Waals surface area contributed by atoms with Gasteiger partial charge in [-0.3, -0.25) is 4.90 Å². The Bertz CT molecular complexity index is 223. The van der Waals surface area contributed by atoms with E-state index in [9.17, 15) is 0 Å². The summed E-state index contributed by atoms with van der Waals surface area (Å²) >= 11 is 0. The van der Waals surface area contributed by atoms with Crippen LogP contribution in [0.2, 0.25) is 0 Å². The molecule has 2 nitrogen and oxygen atoms in total. The Labute approximate surface area is 99.3 Å². The first kappa shape index (κ1) is 11.0. The maximum absolute atomic E-state index is 5.58. The molecule has 0 N–H and O–H groups in total. The molecule has 0 amide bonds. The zero-order valence-electron chi connectivity index (χ0n) is 10.5. The lowest BCUT2D eigenvalue weighted by Crippen LogP contribution is -2.50. The summed E-state index contributed by atoms with van der Waals surface area (Å²) in [6.45, 7) is 0. The van der Waals surface area contributed by atoms with E-state index in [-0.39, 0.29) is 0 Å². The highest BCUT2D eigenvalue weighted by Crippen LogP contribution is 2.41. The van der Waals surface area contributed by atoms with Gasteiger partial charge in [-0.1, -0.05) is 19.3 Å². The minimum atomic E-state index is 0.553. The molecule has 0 radical (unpaired) electrons. The van der Waals surface area contributed by atoms with E-state index >= 15 is 0 Å². The van der Waals surface area contributed by atoms with Crippen LogP contribution in [0.1, 0.15) is 57.8 Å². The van der Waals surface area contributed by atoms with E-state index in [4.69, 9.17) is 4.74 Å². The van der Waals surface area contributed by atoms with Crippen molar-refractivity contribution in [3.63, 3.8) is 0 Å². The summed E-state index contributed by atoms with van der Waals surface area (Å²) in [5, 5.41) is 0. The zero-order valence-corrected chi connectivity index (χ0v) is 10.5. The molecule has 3 fully saturated rings. The quantitative estimate of drug-likeness (QED) is 0.713. The number of hydrogen-bond acceptors (Lipinski definition) is 2. The molecule has 0 aromatic carbocycles. The largest absolute Gasteiger partial charge is 0.381 e. The van der Waals surface area contributed by atoms with Crippen LogP contribution < -0.4 is 0 Å². The molecule has 92 valence electrons. The Morgan fingerprint density at radius 2 is 1.44 bits per heavy atom. The molecule has 1 saturated carbocycles. The summed E-state index contributed by atoms with van der Waals surface area (Å²) in [7, 11) is 1.89. The lowest BCUT2D eigenvalue weighted by Gasteiger charge is -2.44. The summed E-state index contributed by atoms with van der Waals surface area (Å²) in [5.74, 6) is 0. The lowest BCUT2D eigenvalue weighted by atomic mass is 9.89. The molecule has 3 aliphatic rings. The Morgan fingerprint density at radius 1 is 0.812 bits per heavy atom. The number of nitrogens with zero attached hydrogens (tertiary/aromatic N) is 1. The van der Waals surface area contributed by atoms with Crippen LogP contribution in [-0.4, -0.2) is 36.2 Å². The van der Waals surface area contributed by atoms with Gasteiger partial charge in [-0.05, 0) is 38.5 Å². The molecule has 0 aromatic heterocycles. The van der Waals surface area contributed by atoms with Crippen molar-refractivity contribution >= 4 is 0 Å². The average molecular weight is 223 g/mol. The second kappa shape index (κ2) is 4.66. The summed E-state index contributed by atoms with van der Waals surface area (Å²) in [6, 6.07) is 2.63. The lowest BCUT2D eigenvalue weighted by molar-refractivity contribution is -0.0194. The highest BCUT2D eigenvalue weighted by molar-refractivity contribution is 4.98. The molecule has 2 atom stereocenters. The van der Waals surface area contributed by atoms with E-state index in [1.165, 1.54) is 57.8 Å². The summed E-state index contributed by atoms with van der Waals surface area (Å²) in [5.41, 5.74) is 0. The van der Waals surface area contributed by atoms with Gasteiger partial charge in [0.2, 0.25) is 0 Å². The van der Waals surface area contributed by atoms with Crippen LogP contribution in [0.25, 0.3) is 0 Å². The number of methoxy groups -OCH3 is 1. The Balaban J connectivity index is 1.68. The number of fused-ring (bicyclic) bond motifs is 2. The SMILES string of the molecule is COC1CC2CCC(C1)N2C1CCCCC1. The van der Waals surface area contributed by atoms with Gasteiger partial charge in [0.15, 0.2) is 0 Å². The van der Waals surface area contributed by atoms with Gasteiger partial charge in [-0.15, -0.1) is 0 Å². The third kappa shape index (κ3) is 1.91. The van der Waals surface area contributed by atoms with Crippen molar-refractivity contribution < 1.29 is 4.74 Å². The Hall–Kier alpha value is -0.0800. The van der Waals surface area contributed by atoms with Crippen molar-refractivity contribution in [1.82, 2.24) is 4.90 Å². The smallest absolute Gasteiger partial charge is 0.0601 e. The molecule has 3 rings (SSSR count). The second-order valence-corrected chi connectivity index (χ2v) is 5.95. The van der Waals surface area contributed by atoms with Crippen molar-refractivity contribution in [2.24, 2.45) is 0 Å². The molecule has 0 spiro atoms. The van der Waals surface area contributed by atoms with Gasteiger partial charge < -0.3 is 4.74 Å².